The van der Waals surface area contributed by atoms with Crippen molar-refractivity contribution in [2.45, 2.75) is 181 Å². The maximum absolute atomic E-state index is 10.8. The van der Waals surface area contributed by atoms with Crippen LogP contribution in [0.15, 0.2) is 0 Å². The zero-order valence-corrected chi connectivity index (χ0v) is 27.5. The Morgan fingerprint density at radius 2 is 0.750 bits per heavy atom. The van der Waals surface area contributed by atoms with Crippen LogP contribution in [0.2, 0.25) is 0 Å². The van der Waals surface area contributed by atoms with Crippen molar-refractivity contribution in [2.24, 2.45) is 5.92 Å². The molecule has 1 atom stereocenters. The van der Waals surface area contributed by atoms with Crippen LogP contribution in [0.1, 0.15) is 181 Å². The summed E-state index contributed by atoms with van der Waals surface area (Å²) in [5.74, 6) is 0.200. The van der Waals surface area contributed by atoms with E-state index in [9.17, 15) is 13.0 Å². The topological polar surface area (TPSA) is 66.4 Å². The van der Waals surface area contributed by atoms with Crippen LogP contribution in [0, 0.1) is 5.92 Å². The van der Waals surface area contributed by atoms with Gasteiger partial charge in [-0.25, -0.2) is 8.42 Å². The van der Waals surface area contributed by atoms with E-state index in [1.54, 1.807) is 0 Å². The van der Waals surface area contributed by atoms with Crippen LogP contribution in [0.5, 0.6) is 0 Å². The quantitative estimate of drug-likeness (QED) is 0.0433. The van der Waals surface area contributed by atoms with Gasteiger partial charge in [0, 0.05) is 0 Å². The molecule has 0 aromatic heterocycles. The van der Waals surface area contributed by atoms with Crippen molar-refractivity contribution in [2.75, 3.05) is 6.61 Å². The third-order valence-corrected chi connectivity index (χ3v) is 7.80. The molecule has 1 unspecified atom stereocenters. The second kappa shape index (κ2) is 30.4. The summed E-state index contributed by atoms with van der Waals surface area (Å²) in [5.41, 5.74) is 0. The van der Waals surface area contributed by atoms with Crippen LogP contribution in [-0.2, 0) is 14.6 Å². The van der Waals surface area contributed by atoms with E-state index >= 15 is 0 Å². The second-order valence-corrected chi connectivity index (χ2v) is 12.0. The van der Waals surface area contributed by atoms with E-state index in [0.29, 0.717) is 0 Å². The van der Waals surface area contributed by atoms with Crippen LogP contribution in [0.25, 0.3) is 0 Å². The van der Waals surface area contributed by atoms with Crippen molar-refractivity contribution in [1.82, 2.24) is 0 Å². The molecule has 0 saturated carbocycles. The van der Waals surface area contributed by atoms with Crippen molar-refractivity contribution >= 4 is 10.4 Å². The van der Waals surface area contributed by atoms with Gasteiger partial charge in [0.2, 0.25) is 10.4 Å². The molecule has 0 saturated heterocycles. The van der Waals surface area contributed by atoms with Gasteiger partial charge in [-0.05, 0) is 18.8 Å². The van der Waals surface area contributed by atoms with E-state index < -0.39 is 10.4 Å². The van der Waals surface area contributed by atoms with Gasteiger partial charge in [0.25, 0.3) is 0 Å². The van der Waals surface area contributed by atoms with Crippen LogP contribution in [-0.4, -0.2) is 19.6 Å². The summed E-state index contributed by atoms with van der Waals surface area (Å²) in [6, 6.07) is 0. The monoisotopic (exact) mass is 540 g/mol. The number of hydrogen-bond donors (Lipinski definition) is 0. The molecule has 0 aliphatic heterocycles. The Hall–Kier alpha value is 0.870. The number of rotatable bonds is 29. The third-order valence-electron chi connectivity index (χ3n) is 7.38. The minimum absolute atomic E-state index is 0. The molecule has 0 N–H and O–H groups in total. The Morgan fingerprint density at radius 1 is 0.500 bits per heavy atom. The van der Waals surface area contributed by atoms with E-state index in [2.05, 4.69) is 18.0 Å². The van der Waals surface area contributed by atoms with E-state index in [-0.39, 0.29) is 42.1 Å². The van der Waals surface area contributed by atoms with E-state index in [0.717, 1.165) is 25.7 Å². The van der Waals surface area contributed by atoms with Crippen molar-refractivity contribution in [1.29, 1.82) is 0 Å². The Labute approximate surface area is 249 Å². The standard InChI is InChI=1S/C30H62O4S.Na/c1-3-5-7-9-10-11-12-13-14-15-16-17-18-19-20-21-22-23-24-26-28-30(27-25-8-6-4-2)29-34-35(31,32)33;/h30H,3-29H2,1-2H3,(H,31,32,33);/q;+1/p-1. The van der Waals surface area contributed by atoms with Crippen LogP contribution >= 0.6 is 0 Å². The predicted molar refractivity (Wildman–Crippen MR) is 151 cm³/mol. The average Bonchev–Trinajstić information content (AvgIpc) is 2.82. The molecule has 0 aromatic carbocycles. The second-order valence-electron chi connectivity index (χ2n) is 10.9. The summed E-state index contributed by atoms with van der Waals surface area (Å²) >= 11 is 0. The Kier molecular flexibility index (Phi) is 33.0. The molecular formula is C30H61NaO4S. The largest absolute Gasteiger partial charge is 1.00 e. The van der Waals surface area contributed by atoms with E-state index in [1.165, 1.54) is 141 Å². The van der Waals surface area contributed by atoms with Gasteiger partial charge >= 0.3 is 29.6 Å². The van der Waals surface area contributed by atoms with Crippen molar-refractivity contribution < 1.29 is 46.7 Å². The Bertz CT molecular complexity index is 513. The maximum Gasteiger partial charge on any atom is 1.00 e. The zero-order valence-electron chi connectivity index (χ0n) is 24.7. The molecule has 0 aliphatic carbocycles. The number of hydrogen-bond acceptors (Lipinski definition) is 4. The minimum Gasteiger partial charge on any atom is -0.726 e. The molecule has 36 heavy (non-hydrogen) atoms. The molecule has 212 valence electrons. The summed E-state index contributed by atoms with van der Waals surface area (Å²) in [5, 5.41) is 0. The fraction of sp³-hybridized carbons (Fsp3) is 1.00. The zero-order chi connectivity index (χ0) is 25.9. The Morgan fingerprint density at radius 3 is 1.03 bits per heavy atom. The van der Waals surface area contributed by atoms with E-state index in [1.807, 2.05) is 0 Å². The molecule has 0 aromatic rings. The molecule has 0 bridgehead atoms. The fourth-order valence-corrected chi connectivity index (χ4v) is 5.40. The van der Waals surface area contributed by atoms with Gasteiger partial charge in [0.15, 0.2) is 0 Å². The summed E-state index contributed by atoms with van der Waals surface area (Å²) < 4.78 is 36.9. The first-order valence-electron chi connectivity index (χ1n) is 15.6. The van der Waals surface area contributed by atoms with Crippen LogP contribution in [0.3, 0.4) is 0 Å². The first kappa shape index (κ1) is 39.0. The number of unbranched alkanes of at least 4 members (excludes halogenated alkanes) is 22. The van der Waals surface area contributed by atoms with Gasteiger partial charge < -0.3 is 4.55 Å². The van der Waals surface area contributed by atoms with E-state index in [4.69, 9.17) is 0 Å². The SMILES string of the molecule is CCCCCCCCCCCCCCCCCCCCCCC(CCCCCC)COS(=O)(=O)[O-].[Na+]. The van der Waals surface area contributed by atoms with Crippen LogP contribution < -0.4 is 29.6 Å². The van der Waals surface area contributed by atoms with Gasteiger partial charge in [-0.15, -0.1) is 0 Å². The first-order chi connectivity index (χ1) is 17.0. The molecule has 0 spiro atoms. The molecule has 0 aliphatic rings. The normalized spacial score (nSPS) is 12.5. The van der Waals surface area contributed by atoms with Crippen molar-refractivity contribution in [3.05, 3.63) is 0 Å². The Balaban J connectivity index is 0. The minimum atomic E-state index is -4.57. The summed E-state index contributed by atoms with van der Waals surface area (Å²) in [4.78, 5) is 0. The molecule has 4 nitrogen and oxygen atoms in total. The van der Waals surface area contributed by atoms with Crippen molar-refractivity contribution in [3.63, 3.8) is 0 Å². The molecule has 0 amide bonds. The fourth-order valence-electron chi connectivity index (χ4n) is 5.04. The molecular weight excluding hydrogens is 479 g/mol. The van der Waals surface area contributed by atoms with Crippen molar-refractivity contribution in [3.8, 4) is 0 Å². The summed E-state index contributed by atoms with van der Waals surface area (Å²) in [6.07, 6.45) is 34.1. The van der Waals surface area contributed by atoms with Crippen LogP contribution in [0.4, 0.5) is 0 Å². The molecule has 0 fully saturated rings. The molecule has 0 rings (SSSR count). The molecule has 0 radical (unpaired) electrons. The first-order valence-corrected chi connectivity index (χ1v) is 16.9. The molecule has 0 heterocycles. The smallest absolute Gasteiger partial charge is 0.726 e. The van der Waals surface area contributed by atoms with Gasteiger partial charge in [0.1, 0.15) is 0 Å². The third kappa shape index (κ3) is 32.9. The summed E-state index contributed by atoms with van der Waals surface area (Å²) in [6.45, 7) is 4.54. The van der Waals surface area contributed by atoms with Gasteiger partial charge in [-0.3, -0.25) is 4.18 Å². The van der Waals surface area contributed by atoms with Gasteiger partial charge in [-0.2, -0.15) is 0 Å². The maximum atomic E-state index is 10.8. The predicted octanol–water partition coefficient (Wildman–Crippen LogP) is 7.27. The van der Waals surface area contributed by atoms with Gasteiger partial charge in [0.05, 0.1) is 6.61 Å². The van der Waals surface area contributed by atoms with Gasteiger partial charge in [-0.1, -0.05) is 168 Å². The average molecular weight is 541 g/mol. The molecule has 6 heteroatoms. The summed E-state index contributed by atoms with van der Waals surface area (Å²) in [7, 11) is -4.57.